The first-order chi connectivity index (χ1) is 31.2. The fourth-order valence-corrected chi connectivity index (χ4v) is 10.1. The Morgan fingerprint density at radius 1 is 0.286 bits per heavy atom. The third-order valence-corrected chi connectivity index (χ3v) is 13.0. The molecule has 0 radical (unpaired) electrons. The summed E-state index contributed by atoms with van der Waals surface area (Å²) in [6.07, 6.45) is 0. The summed E-state index contributed by atoms with van der Waals surface area (Å²) in [6, 6.07) is 87.7. The van der Waals surface area contributed by atoms with Crippen LogP contribution >= 0.6 is 0 Å². The molecule has 1 aromatic heterocycles. The van der Waals surface area contributed by atoms with Crippen LogP contribution in [0.15, 0.2) is 243 Å². The van der Waals surface area contributed by atoms with Crippen molar-refractivity contribution in [2.24, 2.45) is 0 Å². The lowest BCUT2D eigenvalue weighted by molar-refractivity contribution is 0.769. The molecule has 10 aromatic carbocycles. The number of rotatable bonds is 7. The summed E-state index contributed by atoms with van der Waals surface area (Å²) in [6.45, 7) is 0. The molecule has 0 amide bonds. The fourth-order valence-electron chi connectivity index (χ4n) is 10.1. The van der Waals surface area contributed by atoms with Crippen molar-refractivity contribution in [3.63, 3.8) is 0 Å². The summed E-state index contributed by atoms with van der Waals surface area (Å²) in [5.74, 6) is 0.700. The normalized spacial score (nSPS) is 12.6. The van der Waals surface area contributed by atoms with Gasteiger partial charge in [0.1, 0.15) is 0 Å². The summed E-state index contributed by atoms with van der Waals surface area (Å²) in [5, 5.41) is 4.78. The molecule has 0 atom stereocenters. The van der Waals surface area contributed by atoms with Crippen LogP contribution < -0.4 is 0 Å². The zero-order valence-corrected chi connectivity index (χ0v) is 34.5. The Kier molecular flexibility index (Phi) is 8.76. The van der Waals surface area contributed by atoms with Gasteiger partial charge >= 0.3 is 0 Å². The molecule has 2 heteroatoms. The highest BCUT2D eigenvalue weighted by atomic mass is 14.9. The van der Waals surface area contributed by atoms with Crippen molar-refractivity contribution in [2.45, 2.75) is 5.41 Å². The second kappa shape index (κ2) is 15.1. The van der Waals surface area contributed by atoms with E-state index in [1.165, 1.54) is 66.4 Å². The Bertz CT molecular complexity index is 3430. The average molecular weight is 801 g/mol. The Balaban J connectivity index is 1.04. The molecular weight excluding hydrogens is 761 g/mol. The third-order valence-electron chi connectivity index (χ3n) is 13.0. The van der Waals surface area contributed by atoms with Crippen LogP contribution in [-0.2, 0) is 5.41 Å². The lowest BCUT2D eigenvalue weighted by Gasteiger charge is -2.34. The maximum absolute atomic E-state index is 5.32. The van der Waals surface area contributed by atoms with Gasteiger partial charge in [0.2, 0.25) is 0 Å². The van der Waals surface area contributed by atoms with Gasteiger partial charge in [-0.25, -0.2) is 9.97 Å². The Morgan fingerprint density at radius 3 is 1.40 bits per heavy atom. The first-order valence-corrected chi connectivity index (χ1v) is 21.6. The van der Waals surface area contributed by atoms with Crippen molar-refractivity contribution in [3.8, 4) is 67.3 Å². The van der Waals surface area contributed by atoms with Gasteiger partial charge in [-0.2, -0.15) is 0 Å². The second-order valence-electron chi connectivity index (χ2n) is 16.4. The van der Waals surface area contributed by atoms with Gasteiger partial charge < -0.3 is 0 Å². The average Bonchev–Trinajstić information content (AvgIpc) is 3.68. The molecule has 0 bridgehead atoms. The topological polar surface area (TPSA) is 25.8 Å². The highest BCUT2D eigenvalue weighted by molar-refractivity contribution is 6.07. The third kappa shape index (κ3) is 6.02. The summed E-state index contributed by atoms with van der Waals surface area (Å²) >= 11 is 0. The molecule has 2 nitrogen and oxygen atoms in total. The number of nitrogens with zero attached hydrogens (tertiary/aromatic N) is 2. The molecule has 0 aliphatic heterocycles. The van der Waals surface area contributed by atoms with E-state index in [4.69, 9.17) is 9.97 Å². The minimum atomic E-state index is -0.484. The lowest BCUT2D eigenvalue weighted by atomic mass is 9.67. The van der Waals surface area contributed by atoms with Gasteiger partial charge in [-0.3, -0.25) is 0 Å². The summed E-state index contributed by atoms with van der Waals surface area (Å²) in [7, 11) is 0. The highest BCUT2D eigenvalue weighted by Gasteiger charge is 2.46. The van der Waals surface area contributed by atoms with Crippen molar-refractivity contribution in [1.82, 2.24) is 9.97 Å². The molecule has 294 valence electrons. The van der Waals surface area contributed by atoms with Gasteiger partial charge in [0.25, 0.3) is 0 Å². The van der Waals surface area contributed by atoms with Crippen molar-refractivity contribution >= 4 is 21.5 Å². The minimum Gasteiger partial charge on any atom is -0.228 e. The molecule has 0 fully saturated rings. The minimum absolute atomic E-state index is 0.484. The Hall–Kier alpha value is -8.20. The highest BCUT2D eigenvalue weighted by Crippen LogP contribution is 2.58. The van der Waals surface area contributed by atoms with E-state index in [0.717, 1.165) is 38.9 Å². The largest absolute Gasteiger partial charge is 0.228 e. The number of benzene rings is 10. The van der Waals surface area contributed by atoms with Gasteiger partial charge in [-0.05, 0) is 95.4 Å². The zero-order valence-electron chi connectivity index (χ0n) is 34.5. The number of fused-ring (bicyclic) bond motifs is 6. The van der Waals surface area contributed by atoms with Crippen LogP contribution in [0.1, 0.15) is 22.3 Å². The second-order valence-corrected chi connectivity index (χ2v) is 16.4. The fraction of sp³-hybridized carbons (Fsp3) is 0.0164. The van der Waals surface area contributed by atoms with Crippen LogP contribution in [0.25, 0.3) is 88.8 Å². The van der Waals surface area contributed by atoms with Crippen LogP contribution in [-0.4, -0.2) is 9.97 Å². The lowest BCUT2D eigenvalue weighted by Crippen LogP contribution is -2.28. The van der Waals surface area contributed by atoms with Crippen molar-refractivity contribution in [3.05, 3.63) is 265 Å². The number of aromatic nitrogens is 2. The molecule has 0 saturated carbocycles. The van der Waals surface area contributed by atoms with E-state index in [0.29, 0.717) is 5.82 Å². The molecule has 0 spiro atoms. The monoisotopic (exact) mass is 800 g/mol. The molecular formula is C61H40N2. The van der Waals surface area contributed by atoms with Crippen LogP contribution in [0.2, 0.25) is 0 Å². The van der Waals surface area contributed by atoms with E-state index in [9.17, 15) is 0 Å². The summed E-state index contributed by atoms with van der Waals surface area (Å²) < 4.78 is 0. The Morgan fingerprint density at radius 2 is 0.746 bits per heavy atom. The zero-order chi connectivity index (χ0) is 41.7. The van der Waals surface area contributed by atoms with E-state index in [1.807, 2.05) is 6.07 Å². The molecule has 1 heterocycles. The molecule has 1 aliphatic rings. The first kappa shape index (κ1) is 36.6. The van der Waals surface area contributed by atoms with E-state index >= 15 is 0 Å². The number of hydrogen-bond acceptors (Lipinski definition) is 2. The number of hydrogen-bond donors (Lipinski definition) is 0. The molecule has 1 aliphatic carbocycles. The predicted molar refractivity (Wildman–Crippen MR) is 262 cm³/mol. The van der Waals surface area contributed by atoms with Crippen LogP contribution in [0.3, 0.4) is 0 Å². The molecule has 0 N–H and O–H groups in total. The van der Waals surface area contributed by atoms with Gasteiger partial charge in [-0.1, -0.05) is 224 Å². The van der Waals surface area contributed by atoms with Gasteiger partial charge in [-0.15, -0.1) is 0 Å². The van der Waals surface area contributed by atoms with Crippen LogP contribution in [0.5, 0.6) is 0 Å². The molecule has 63 heavy (non-hydrogen) atoms. The van der Waals surface area contributed by atoms with E-state index in [-0.39, 0.29) is 0 Å². The van der Waals surface area contributed by atoms with Crippen molar-refractivity contribution in [1.29, 1.82) is 0 Å². The predicted octanol–water partition coefficient (Wildman–Crippen LogP) is 15.5. The van der Waals surface area contributed by atoms with Crippen molar-refractivity contribution < 1.29 is 0 Å². The summed E-state index contributed by atoms with van der Waals surface area (Å²) in [4.78, 5) is 10.6. The van der Waals surface area contributed by atoms with E-state index in [2.05, 4.69) is 237 Å². The summed E-state index contributed by atoms with van der Waals surface area (Å²) in [5.41, 5.74) is 16.8. The first-order valence-electron chi connectivity index (χ1n) is 21.6. The van der Waals surface area contributed by atoms with Crippen LogP contribution in [0, 0.1) is 0 Å². The molecule has 11 aromatic rings. The molecule has 0 unspecified atom stereocenters. The smallest absolute Gasteiger partial charge is 0.161 e. The maximum atomic E-state index is 5.32. The van der Waals surface area contributed by atoms with Gasteiger partial charge in [0.05, 0.1) is 16.8 Å². The van der Waals surface area contributed by atoms with E-state index < -0.39 is 5.41 Å². The van der Waals surface area contributed by atoms with Crippen LogP contribution in [0.4, 0.5) is 0 Å². The Labute approximate surface area is 367 Å². The van der Waals surface area contributed by atoms with Crippen molar-refractivity contribution in [2.75, 3.05) is 0 Å². The quantitative estimate of drug-likeness (QED) is 0.160. The van der Waals surface area contributed by atoms with E-state index in [1.54, 1.807) is 0 Å². The standard InChI is InChI=1S/C61H40N2/c1-5-17-41(18-6-1)42-29-31-45(32-30-42)58-40-57(44-20-7-2-8-21-44)62-60(63-58)53-36-35-49(51-27-15-16-28-52(51)53)46-34-37-55-54(39-46)59-50-26-14-13-19-43(50)33-38-56(59)61(55,47-22-9-3-10-23-47)48-24-11-4-12-25-48/h1-40H. The SMILES string of the molecule is c1ccc(-c2ccc(-c3cc(-c4ccccc4)nc(-c4ccc(-c5ccc6c(c5)-c5c(ccc7ccccc57)C6(c5ccccc5)c5ccccc5)c5ccccc45)n3)cc2)cc1. The van der Waals surface area contributed by atoms with Gasteiger partial charge in [0, 0.05) is 16.7 Å². The molecule has 0 saturated heterocycles. The molecule has 12 rings (SSSR count). The maximum Gasteiger partial charge on any atom is 0.161 e. The van der Waals surface area contributed by atoms with Gasteiger partial charge in [0.15, 0.2) is 5.82 Å².